The van der Waals surface area contributed by atoms with Crippen LogP contribution in [0.25, 0.3) is 0 Å². The van der Waals surface area contributed by atoms with Crippen LogP contribution in [0.4, 0.5) is 20.4 Å². The first-order chi connectivity index (χ1) is 11.8. The number of likely N-dealkylation sites (tertiary alicyclic amines) is 1. The topological polar surface area (TPSA) is 106 Å². The van der Waals surface area contributed by atoms with E-state index in [1.165, 1.54) is 11.0 Å². The Morgan fingerprint density at radius 3 is 2.56 bits per heavy atom. The van der Waals surface area contributed by atoms with Gasteiger partial charge in [-0.15, -0.1) is 0 Å². The number of nitro groups is 1. The Balaban J connectivity index is 1.57. The summed E-state index contributed by atoms with van der Waals surface area (Å²) in [5, 5.41) is 12.9. The van der Waals surface area contributed by atoms with Gasteiger partial charge in [-0.2, -0.15) is 0 Å². The van der Waals surface area contributed by atoms with Crippen LogP contribution in [0.1, 0.15) is 10.6 Å². The predicted octanol–water partition coefficient (Wildman–Crippen LogP) is 2.18. The lowest BCUT2D eigenvalue weighted by Gasteiger charge is -2.37. The average molecular weight is 351 g/mol. The van der Waals surface area contributed by atoms with E-state index in [0.717, 1.165) is 18.2 Å². The van der Waals surface area contributed by atoms with Crippen LogP contribution >= 0.6 is 0 Å². The van der Waals surface area contributed by atoms with E-state index in [0.29, 0.717) is 6.07 Å². The molecule has 1 aromatic carbocycles. The van der Waals surface area contributed by atoms with Crippen molar-refractivity contribution in [2.45, 2.75) is 0 Å². The number of nitrogens with one attached hydrogen (secondary N) is 1. The first-order valence-corrected chi connectivity index (χ1v) is 7.14. The van der Waals surface area contributed by atoms with Gasteiger partial charge in [0, 0.05) is 19.2 Å². The molecule has 0 atom stereocenters. The van der Waals surface area contributed by atoms with Crippen LogP contribution in [0.15, 0.2) is 34.7 Å². The standard InChI is InChI=1S/C15H11F2N3O5/c16-9-1-2-11(10(17)5-9)18-14(21)8-6-19(7-8)15(22)12-3-4-13(25-12)20(23)24/h1-5,8H,6-7H2,(H,18,21). The Hall–Kier alpha value is -3.30. The van der Waals surface area contributed by atoms with Crippen molar-refractivity contribution in [3.8, 4) is 0 Å². The van der Waals surface area contributed by atoms with Gasteiger partial charge in [0.25, 0.3) is 5.91 Å². The average Bonchev–Trinajstić information content (AvgIpc) is 2.98. The Labute approximate surface area is 139 Å². The maximum atomic E-state index is 13.5. The summed E-state index contributed by atoms with van der Waals surface area (Å²) in [6.45, 7) is 0.115. The second-order valence-electron chi connectivity index (χ2n) is 5.42. The van der Waals surface area contributed by atoms with Gasteiger partial charge in [0.05, 0.1) is 17.7 Å². The van der Waals surface area contributed by atoms with Crippen molar-refractivity contribution < 1.29 is 27.7 Å². The van der Waals surface area contributed by atoms with Gasteiger partial charge >= 0.3 is 5.88 Å². The molecule has 1 N–H and O–H groups in total. The lowest BCUT2D eigenvalue weighted by atomic mass is 9.98. The summed E-state index contributed by atoms with van der Waals surface area (Å²) in [5.74, 6) is -4.07. The van der Waals surface area contributed by atoms with Crippen LogP contribution in [0.5, 0.6) is 0 Å². The van der Waals surface area contributed by atoms with E-state index in [-0.39, 0.29) is 24.5 Å². The largest absolute Gasteiger partial charge is 0.433 e. The minimum Gasteiger partial charge on any atom is -0.395 e. The molecule has 2 aromatic rings. The minimum absolute atomic E-state index is 0.0575. The molecule has 1 fully saturated rings. The summed E-state index contributed by atoms with van der Waals surface area (Å²) in [6.07, 6.45) is 0. The van der Waals surface area contributed by atoms with Crippen LogP contribution in [0.2, 0.25) is 0 Å². The fourth-order valence-corrected chi connectivity index (χ4v) is 2.33. The molecule has 3 rings (SSSR count). The summed E-state index contributed by atoms with van der Waals surface area (Å²) in [7, 11) is 0. The first kappa shape index (κ1) is 16.6. The van der Waals surface area contributed by atoms with Crippen molar-refractivity contribution in [2.24, 2.45) is 5.92 Å². The Kier molecular flexibility index (Phi) is 4.17. The van der Waals surface area contributed by atoms with E-state index in [1.54, 1.807) is 0 Å². The molecule has 25 heavy (non-hydrogen) atoms. The highest BCUT2D eigenvalue weighted by atomic mass is 19.1. The number of furan rings is 1. The zero-order valence-electron chi connectivity index (χ0n) is 12.6. The summed E-state index contributed by atoms with van der Waals surface area (Å²) >= 11 is 0. The molecular weight excluding hydrogens is 340 g/mol. The number of carbonyl (C=O) groups is 2. The van der Waals surface area contributed by atoms with E-state index in [1.807, 2.05) is 0 Å². The Morgan fingerprint density at radius 1 is 1.24 bits per heavy atom. The lowest BCUT2D eigenvalue weighted by Crippen LogP contribution is -2.54. The fourth-order valence-electron chi connectivity index (χ4n) is 2.33. The van der Waals surface area contributed by atoms with Crippen molar-refractivity contribution in [3.63, 3.8) is 0 Å². The second kappa shape index (κ2) is 6.30. The van der Waals surface area contributed by atoms with E-state index < -0.39 is 40.2 Å². The summed E-state index contributed by atoms with van der Waals surface area (Å²) in [5.41, 5.74) is -0.155. The number of benzene rings is 1. The zero-order valence-corrected chi connectivity index (χ0v) is 12.6. The third kappa shape index (κ3) is 3.32. The molecule has 0 bridgehead atoms. The molecule has 0 saturated carbocycles. The molecule has 1 aliphatic heterocycles. The summed E-state index contributed by atoms with van der Waals surface area (Å²) < 4.78 is 31.1. The fraction of sp³-hybridized carbons (Fsp3) is 0.200. The molecule has 10 heteroatoms. The van der Waals surface area contributed by atoms with E-state index in [9.17, 15) is 28.5 Å². The van der Waals surface area contributed by atoms with Crippen molar-refractivity contribution >= 4 is 23.4 Å². The van der Waals surface area contributed by atoms with Crippen LogP contribution < -0.4 is 5.32 Å². The lowest BCUT2D eigenvalue weighted by molar-refractivity contribution is -0.402. The predicted molar refractivity (Wildman–Crippen MR) is 79.7 cm³/mol. The van der Waals surface area contributed by atoms with Gasteiger partial charge in [0.15, 0.2) is 5.76 Å². The van der Waals surface area contributed by atoms with Gasteiger partial charge in [0.1, 0.15) is 16.6 Å². The molecule has 2 amide bonds. The first-order valence-electron chi connectivity index (χ1n) is 7.14. The minimum atomic E-state index is -0.900. The maximum Gasteiger partial charge on any atom is 0.433 e. The van der Waals surface area contributed by atoms with Gasteiger partial charge in [-0.05, 0) is 18.2 Å². The molecule has 2 heterocycles. The molecule has 1 saturated heterocycles. The molecule has 0 unspecified atom stereocenters. The Bertz CT molecular complexity index is 861. The molecule has 1 aliphatic rings. The number of hydrogen-bond donors (Lipinski definition) is 1. The van der Waals surface area contributed by atoms with Gasteiger partial charge in [-0.25, -0.2) is 8.78 Å². The highest BCUT2D eigenvalue weighted by Crippen LogP contribution is 2.24. The maximum absolute atomic E-state index is 13.5. The molecule has 1 aromatic heterocycles. The normalized spacial score (nSPS) is 14.1. The molecule has 8 nitrogen and oxygen atoms in total. The highest BCUT2D eigenvalue weighted by Gasteiger charge is 2.37. The highest BCUT2D eigenvalue weighted by molar-refractivity contribution is 5.97. The molecule has 130 valence electrons. The second-order valence-corrected chi connectivity index (χ2v) is 5.42. The summed E-state index contributed by atoms with van der Waals surface area (Å²) in [6, 6.07) is 5.01. The van der Waals surface area contributed by atoms with Gasteiger partial charge in [-0.1, -0.05) is 0 Å². The number of rotatable bonds is 4. The molecule has 0 spiro atoms. The SMILES string of the molecule is O=C(Nc1ccc(F)cc1F)C1CN(C(=O)c2ccc([N+](=O)[O-])o2)C1. The van der Waals surface area contributed by atoms with Crippen molar-refractivity contribution in [1.82, 2.24) is 4.90 Å². The van der Waals surface area contributed by atoms with Gasteiger partial charge < -0.3 is 14.6 Å². The third-order valence-corrected chi connectivity index (χ3v) is 3.71. The Morgan fingerprint density at radius 2 is 1.96 bits per heavy atom. The van der Waals surface area contributed by atoms with Gasteiger partial charge in [-0.3, -0.25) is 19.7 Å². The van der Waals surface area contributed by atoms with Crippen molar-refractivity contribution in [3.05, 3.63) is 57.8 Å². The summed E-state index contributed by atoms with van der Waals surface area (Å²) in [4.78, 5) is 35.1. The van der Waals surface area contributed by atoms with Crippen LogP contribution in [-0.2, 0) is 4.79 Å². The van der Waals surface area contributed by atoms with Crippen LogP contribution in [-0.4, -0.2) is 34.7 Å². The van der Waals surface area contributed by atoms with Crippen LogP contribution in [0, 0.1) is 27.7 Å². The monoisotopic (exact) mass is 351 g/mol. The molecule has 0 aliphatic carbocycles. The number of halogens is 2. The molecular formula is C15H11F2N3O5. The number of anilines is 1. The number of nitrogens with zero attached hydrogens (tertiary/aromatic N) is 2. The number of amides is 2. The number of hydrogen-bond acceptors (Lipinski definition) is 5. The quantitative estimate of drug-likeness (QED) is 0.671. The van der Waals surface area contributed by atoms with Crippen molar-refractivity contribution in [1.29, 1.82) is 0 Å². The zero-order chi connectivity index (χ0) is 18.1. The third-order valence-electron chi connectivity index (χ3n) is 3.71. The van der Waals surface area contributed by atoms with Gasteiger partial charge in [0.2, 0.25) is 5.91 Å². The van der Waals surface area contributed by atoms with E-state index >= 15 is 0 Å². The van der Waals surface area contributed by atoms with Crippen molar-refractivity contribution in [2.75, 3.05) is 18.4 Å². The van der Waals surface area contributed by atoms with E-state index in [4.69, 9.17) is 4.42 Å². The number of carbonyl (C=O) groups excluding carboxylic acids is 2. The smallest absolute Gasteiger partial charge is 0.395 e. The molecule has 0 radical (unpaired) electrons. The van der Waals surface area contributed by atoms with Crippen LogP contribution in [0.3, 0.4) is 0 Å². The van der Waals surface area contributed by atoms with E-state index in [2.05, 4.69) is 5.32 Å².